The van der Waals surface area contributed by atoms with Crippen molar-refractivity contribution in [3.8, 4) is 11.3 Å². The molecule has 0 saturated carbocycles. The number of rotatable bonds is 5. The van der Waals surface area contributed by atoms with E-state index in [0.29, 0.717) is 11.8 Å². The number of esters is 1. The van der Waals surface area contributed by atoms with Crippen molar-refractivity contribution in [1.82, 2.24) is 9.97 Å². The lowest BCUT2D eigenvalue weighted by molar-refractivity contribution is -0.139. The molecule has 20 heavy (non-hydrogen) atoms. The summed E-state index contributed by atoms with van der Waals surface area (Å²) in [4.78, 5) is 20.2. The first-order valence-corrected chi connectivity index (χ1v) is 7.37. The molecule has 0 aliphatic carbocycles. The van der Waals surface area contributed by atoms with Crippen LogP contribution in [0.2, 0.25) is 0 Å². The normalized spacial score (nSPS) is 10.3. The van der Waals surface area contributed by atoms with E-state index < -0.39 is 0 Å². The van der Waals surface area contributed by atoms with Crippen molar-refractivity contribution >= 4 is 17.7 Å². The molecule has 1 aromatic heterocycles. The highest BCUT2D eigenvalue weighted by molar-refractivity contribution is 7.99. The summed E-state index contributed by atoms with van der Waals surface area (Å²) in [5.74, 6) is -0.0187. The molecule has 1 heterocycles. The smallest absolute Gasteiger partial charge is 0.316 e. The summed E-state index contributed by atoms with van der Waals surface area (Å²) < 4.78 is 4.89. The van der Waals surface area contributed by atoms with Gasteiger partial charge >= 0.3 is 5.97 Å². The molecular weight excluding hydrogens is 272 g/mol. The third-order valence-corrected chi connectivity index (χ3v) is 3.35. The maximum atomic E-state index is 11.4. The fourth-order valence-corrected chi connectivity index (χ4v) is 2.39. The second-order valence-electron chi connectivity index (χ2n) is 4.14. The zero-order valence-corrected chi connectivity index (χ0v) is 12.3. The van der Waals surface area contributed by atoms with Crippen molar-refractivity contribution in [2.75, 3.05) is 12.4 Å². The first-order valence-electron chi connectivity index (χ1n) is 6.38. The van der Waals surface area contributed by atoms with Crippen LogP contribution in [0, 0.1) is 6.92 Å². The number of hydrogen-bond acceptors (Lipinski definition) is 5. The van der Waals surface area contributed by atoms with Gasteiger partial charge in [-0.3, -0.25) is 4.79 Å². The second-order valence-corrected chi connectivity index (χ2v) is 5.08. The number of hydrogen-bond donors (Lipinski definition) is 0. The van der Waals surface area contributed by atoms with Crippen molar-refractivity contribution in [2.45, 2.75) is 19.0 Å². The summed E-state index contributed by atoms with van der Waals surface area (Å²) in [7, 11) is 0. The van der Waals surface area contributed by atoms with Gasteiger partial charge in [-0.1, -0.05) is 42.1 Å². The van der Waals surface area contributed by atoms with Crippen molar-refractivity contribution < 1.29 is 9.53 Å². The molecule has 2 aromatic rings. The van der Waals surface area contributed by atoms with Crippen LogP contribution in [-0.2, 0) is 9.53 Å². The van der Waals surface area contributed by atoms with Crippen molar-refractivity contribution in [1.29, 1.82) is 0 Å². The molecule has 0 spiro atoms. The molecule has 0 atom stereocenters. The zero-order chi connectivity index (χ0) is 14.4. The van der Waals surface area contributed by atoms with Gasteiger partial charge in [0.1, 0.15) is 0 Å². The first kappa shape index (κ1) is 14.5. The molecular formula is C15H16N2O2S. The Bertz CT molecular complexity index is 588. The van der Waals surface area contributed by atoms with Crippen LogP contribution < -0.4 is 0 Å². The molecule has 4 nitrogen and oxygen atoms in total. The monoisotopic (exact) mass is 288 g/mol. The highest BCUT2D eigenvalue weighted by Gasteiger charge is 2.08. The Morgan fingerprint density at radius 1 is 1.25 bits per heavy atom. The predicted octanol–water partition coefficient (Wildman–Crippen LogP) is 3.11. The summed E-state index contributed by atoms with van der Waals surface area (Å²) in [6, 6.07) is 11.8. The molecule has 1 aromatic carbocycles. The van der Waals surface area contributed by atoms with Crippen molar-refractivity contribution in [3.05, 3.63) is 42.1 Å². The fourth-order valence-electron chi connectivity index (χ4n) is 1.69. The molecule has 104 valence electrons. The highest BCUT2D eigenvalue weighted by Crippen LogP contribution is 2.21. The third kappa shape index (κ3) is 4.06. The van der Waals surface area contributed by atoms with Crippen LogP contribution in [0.25, 0.3) is 11.3 Å². The number of ether oxygens (including phenoxy) is 1. The fraction of sp³-hybridized carbons (Fsp3) is 0.267. The van der Waals surface area contributed by atoms with Gasteiger partial charge in [0.15, 0.2) is 5.16 Å². The maximum Gasteiger partial charge on any atom is 0.316 e. The van der Waals surface area contributed by atoms with Gasteiger partial charge in [-0.15, -0.1) is 0 Å². The van der Waals surface area contributed by atoms with E-state index in [9.17, 15) is 4.79 Å². The number of nitrogens with zero attached hydrogens (tertiary/aromatic N) is 2. The number of aryl methyl sites for hydroxylation is 1. The average Bonchev–Trinajstić information content (AvgIpc) is 2.46. The second kappa shape index (κ2) is 7.05. The molecule has 0 aliphatic rings. The summed E-state index contributed by atoms with van der Waals surface area (Å²) in [5.41, 5.74) is 2.78. The molecule has 0 fully saturated rings. The van der Waals surface area contributed by atoms with E-state index in [1.807, 2.05) is 43.3 Å². The topological polar surface area (TPSA) is 52.1 Å². The molecule has 0 N–H and O–H groups in total. The minimum Gasteiger partial charge on any atom is -0.465 e. The van der Waals surface area contributed by atoms with E-state index in [4.69, 9.17) is 4.74 Å². The Balaban J connectivity index is 2.15. The summed E-state index contributed by atoms with van der Waals surface area (Å²) in [5, 5.41) is 0.594. The Morgan fingerprint density at radius 3 is 2.70 bits per heavy atom. The maximum absolute atomic E-state index is 11.4. The largest absolute Gasteiger partial charge is 0.465 e. The minimum absolute atomic E-state index is 0.228. The molecule has 0 amide bonds. The van der Waals surface area contributed by atoms with E-state index in [2.05, 4.69) is 9.97 Å². The first-order chi connectivity index (χ1) is 9.69. The van der Waals surface area contributed by atoms with Crippen LogP contribution in [0.1, 0.15) is 12.6 Å². The predicted molar refractivity (Wildman–Crippen MR) is 79.6 cm³/mol. The van der Waals surface area contributed by atoms with Crippen LogP contribution in [0.4, 0.5) is 0 Å². The lowest BCUT2D eigenvalue weighted by Gasteiger charge is -2.06. The summed E-state index contributed by atoms with van der Waals surface area (Å²) >= 11 is 1.29. The highest BCUT2D eigenvalue weighted by atomic mass is 32.2. The third-order valence-electron chi connectivity index (χ3n) is 2.53. The van der Waals surface area contributed by atoms with Gasteiger partial charge in [0.25, 0.3) is 0 Å². The van der Waals surface area contributed by atoms with Gasteiger partial charge in [-0.2, -0.15) is 0 Å². The van der Waals surface area contributed by atoms with Crippen LogP contribution in [0.3, 0.4) is 0 Å². The number of carbonyl (C=O) groups excluding carboxylic acids is 1. The van der Waals surface area contributed by atoms with Crippen LogP contribution in [-0.4, -0.2) is 28.3 Å². The summed E-state index contributed by atoms with van der Waals surface area (Å²) in [6.45, 7) is 4.10. The van der Waals surface area contributed by atoms with Gasteiger partial charge in [0.2, 0.25) is 0 Å². The zero-order valence-electron chi connectivity index (χ0n) is 11.5. The van der Waals surface area contributed by atoms with Crippen LogP contribution >= 0.6 is 11.8 Å². The van der Waals surface area contributed by atoms with E-state index in [1.54, 1.807) is 6.92 Å². The number of aromatic nitrogens is 2. The van der Waals surface area contributed by atoms with E-state index >= 15 is 0 Å². The molecule has 0 radical (unpaired) electrons. The minimum atomic E-state index is -0.246. The number of carbonyl (C=O) groups is 1. The Labute approximate surface area is 122 Å². The molecule has 0 unspecified atom stereocenters. The van der Waals surface area contributed by atoms with E-state index in [-0.39, 0.29) is 11.7 Å². The molecule has 5 heteroatoms. The van der Waals surface area contributed by atoms with Crippen LogP contribution in [0.5, 0.6) is 0 Å². The van der Waals surface area contributed by atoms with Crippen molar-refractivity contribution in [3.63, 3.8) is 0 Å². The van der Waals surface area contributed by atoms with E-state index in [1.165, 1.54) is 11.8 Å². The Hall–Kier alpha value is -1.88. The number of benzene rings is 1. The molecule has 2 rings (SSSR count). The average molecular weight is 288 g/mol. The SMILES string of the molecule is CCOC(=O)CSc1nc(C)cc(-c2ccccc2)n1. The molecule has 0 saturated heterocycles. The number of thioether (sulfide) groups is 1. The lowest BCUT2D eigenvalue weighted by atomic mass is 10.1. The van der Waals surface area contributed by atoms with Gasteiger partial charge < -0.3 is 4.74 Å². The van der Waals surface area contributed by atoms with Crippen molar-refractivity contribution in [2.24, 2.45) is 0 Å². The van der Waals surface area contributed by atoms with E-state index in [0.717, 1.165) is 17.0 Å². The lowest BCUT2D eigenvalue weighted by Crippen LogP contribution is -2.07. The van der Waals surface area contributed by atoms with Gasteiger partial charge in [-0.05, 0) is 19.9 Å². The van der Waals surface area contributed by atoms with Gasteiger partial charge in [0, 0.05) is 11.3 Å². The Kier molecular flexibility index (Phi) is 5.12. The van der Waals surface area contributed by atoms with Gasteiger partial charge in [0.05, 0.1) is 18.1 Å². The quantitative estimate of drug-likeness (QED) is 0.481. The van der Waals surface area contributed by atoms with Gasteiger partial charge in [-0.25, -0.2) is 9.97 Å². The molecule has 0 aliphatic heterocycles. The Morgan fingerprint density at radius 2 is 2.00 bits per heavy atom. The standard InChI is InChI=1S/C15H16N2O2S/c1-3-19-14(18)10-20-15-16-11(2)9-13(17-15)12-7-5-4-6-8-12/h4-9H,3,10H2,1-2H3. The molecule has 0 bridgehead atoms. The van der Waals surface area contributed by atoms with Crippen LogP contribution in [0.15, 0.2) is 41.6 Å². The summed E-state index contributed by atoms with van der Waals surface area (Å²) in [6.07, 6.45) is 0.